The lowest BCUT2D eigenvalue weighted by Gasteiger charge is -2.35. The number of nitrogens with one attached hydrogen (secondary N) is 1. The van der Waals surface area contributed by atoms with Gasteiger partial charge >= 0.3 is 0 Å². The third-order valence-corrected chi connectivity index (χ3v) is 9.51. The number of nitrogens with zero attached hydrogens (tertiary/aromatic N) is 2. The van der Waals surface area contributed by atoms with Gasteiger partial charge in [0.25, 0.3) is 10.0 Å². The van der Waals surface area contributed by atoms with E-state index < -0.39 is 34.1 Å². The summed E-state index contributed by atoms with van der Waals surface area (Å²) in [7, 11) is -4.31. The minimum atomic E-state index is -4.31. The minimum Gasteiger partial charge on any atom is -0.492 e. The van der Waals surface area contributed by atoms with Gasteiger partial charge in [-0.15, -0.1) is 0 Å². The maximum absolute atomic E-state index is 14.7. The summed E-state index contributed by atoms with van der Waals surface area (Å²) in [6.45, 7) is 9.15. The summed E-state index contributed by atoms with van der Waals surface area (Å²) in [6.07, 6.45) is 0.222. The Labute approximate surface area is 283 Å². The first-order valence-corrected chi connectivity index (χ1v) is 17.3. The van der Waals surface area contributed by atoms with Crippen molar-refractivity contribution in [1.82, 2.24) is 10.2 Å². The van der Waals surface area contributed by atoms with Gasteiger partial charge in [-0.25, -0.2) is 8.42 Å². The minimum absolute atomic E-state index is 0.0437. The first-order chi connectivity index (χ1) is 22.3. The summed E-state index contributed by atoms with van der Waals surface area (Å²) < 4.78 is 35.5. The Morgan fingerprint density at radius 1 is 0.872 bits per heavy atom. The zero-order valence-corrected chi connectivity index (χ0v) is 29.0. The molecule has 0 saturated carbocycles. The quantitative estimate of drug-likeness (QED) is 0.168. The number of carbonyl (C=O) groups is 2. The Bertz CT molecular complexity index is 1770. The van der Waals surface area contributed by atoms with Crippen LogP contribution in [-0.4, -0.2) is 49.9 Å². The highest BCUT2D eigenvalue weighted by molar-refractivity contribution is 7.92. The molecule has 10 heteroatoms. The highest BCUT2D eigenvalue weighted by Gasteiger charge is 2.36. The van der Waals surface area contributed by atoms with Gasteiger partial charge in [0.2, 0.25) is 11.8 Å². The second-order valence-electron chi connectivity index (χ2n) is 12.3. The van der Waals surface area contributed by atoms with Gasteiger partial charge in [0.05, 0.1) is 17.2 Å². The number of benzene rings is 4. The Kier molecular flexibility index (Phi) is 11.7. The molecule has 1 N–H and O–H groups in total. The van der Waals surface area contributed by atoms with Crippen LogP contribution in [0.5, 0.6) is 5.75 Å². The number of para-hydroxylation sites is 2. The smallest absolute Gasteiger partial charge is 0.264 e. The van der Waals surface area contributed by atoms with Crippen molar-refractivity contribution >= 4 is 39.1 Å². The molecule has 47 heavy (non-hydrogen) atoms. The second-order valence-corrected chi connectivity index (χ2v) is 14.6. The van der Waals surface area contributed by atoms with E-state index in [1.54, 1.807) is 31.2 Å². The maximum atomic E-state index is 14.7. The highest BCUT2D eigenvalue weighted by atomic mass is 35.5. The highest BCUT2D eigenvalue weighted by Crippen LogP contribution is 2.33. The number of amides is 2. The molecule has 8 nitrogen and oxygen atoms in total. The molecule has 0 spiro atoms. The summed E-state index contributed by atoms with van der Waals surface area (Å²) >= 11 is 6.09. The molecule has 0 aliphatic heterocycles. The van der Waals surface area contributed by atoms with Crippen LogP contribution in [0.15, 0.2) is 108 Å². The van der Waals surface area contributed by atoms with Gasteiger partial charge in [0, 0.05) is 23.5 Å². The first kappa shape index (κ1) is 35.5. The molecule has 0 aliphatic carbocycles. The Morgan fingerprint density at radius 2 is 1.49 bits per heavy atom. The second kappa shape index (κ2) is 15.5. The predicted octanol–water partition coefficient (Wildman–Crippen LogP) is 6.80. The number of rotatable bonds is 13. The number of hydrogen-bond donors (Lipinski definition) is 1. The van der Waals surface area contributed by atoms with Crippen LogP contribution in [0.4, 0.5) is 5.69 Å². The van der Waals surface area contributed by atoms with Crippen molar-refractivity contribution in [2.24, 2.45) is 0 Å². The molecular formula is C37H42ClN3O5S. The van der Waals surface area contributed by atoms with E-state index in [0.717, 1.165) is 21.0 Å². The fourth-order valence-electron chi connectivity index (χ4n) is 5.17. The van der Waals surface area contributed by atoms with Gasteiger partial charge in [-0.1, -0.05) is 78.3 Å². The SMILES string of the molecule is CCOc1ccccc1N(CC(=O)N(Cc1ccccc1C)C(Cc1ccccc1)C(=O)NC(C)(C)C)S(=O)(=O)c1ccc(Cl)cc1. The fourth-order valence-corrected chi connectivity index (χ4v) is 6.72. The third kappa shape index (κ3) is 9.36. The molecule has 2 amide bonds. The molecule has 0 aromatic heterocycles. The lowest BCUT2D eigenvalue weighted by Crippen LogP contribution is -2.56. The van der Waals surface area contributed by atoms with Crippen LogP contribution in [0.25, 0.3) is 0 Å². The van der Waals surface area contributed by atoms with Gasteiger partial charge in [-0.2, -0.15) is 0 Å². The van der Waals surface area contributed by atoms with Crippen molar-refractivity contribution in [1.29, 1.82) is 0 Å². The largest absolute Gasteiger partial charge is 0.492 e. The molecule has 0 saturated heterocycles. The lowest BCUT2D eigenvalue weighted by atomic mass is 10.00. The molecule has 0 radical (unpaired) electrons. The molecule has 0 aliphatic rings. The van der Waals surface area contributed by atoms with Crippen molar-refractivity contribution in [2.75, 3.05) is 17.5 Å². The van der Waals surface area contributed by atoms with Crippen LogP contribution in [-0.2, 0) is 32.6 Å². The van der Waals surface area contributed by atoms with E-state index in [9.17, 15) is 18.0 Å². The zero-order chi connectivity index (χ0) is 34.2. The Hall–Kier alpha value is -4.34. The van der Waals surface area contributed by atoms with E-state index in [4.69, 9.17) is 16.3 Å². The van der Waals surface area contributed by atoms with Gasteiger partial charge in [0.1, 0.15) is 18.3 Å². The van der Waals surface area contributed by atoms with Gasteiger partial charge in [-0.3, -0.25) is 13.9 Å². The van der Waals surface area contributed by atoms with E-state index >= 15 is 0 Å². The van der Waals surface area contributed by atoms with E-state index in [1.165, 1.54) is 29.2 Å². The summed E-state index contributed by atoms with van der Waals surface area (Å²) in [6, 6.07) is 28.6. The normalized spacial score (nSPS) is 12.2. The van der Waals surface area contributed by atoms with Gasteiger partial charge < -0.3 is 15.0 Å². The van der Waals surface area contributed by atoms with Crippen molar-refractivity contribution in [3.63, 3.8) is 0 Å². The van der Waals surface area contributed by atoms with Crippen LogP contribution < -0.4 is 14.4 Å². The van der Waals surface area contributed by atoms with Crippen LogP contribution in [0.1, 0.15) is 44.4 Å². The number of ether oxygens (including phenoxy) is 1. The fraction of sp³-hybridized carbons (Fsp3) is 0.297. The summed E-state index contributed by atoms with van der Waals surface area (Å²) in [4.78, 5) is 30.2. The molecule has 4 aromatic rings. The van der Waals surface area contributed by atoms with Crippen molar-refractivity contribution in [3.8, 4) is 5.75 Å². The summed E-state index contributed by atoms with van der Waals surface area (Å²) in [5.74, 6) is -0.593. The monoisotopic (exact) mass is 675 g/mol. The lowest BCUT2D eigenvalue weighted by molar-refractivity contribution is -0.140. The van der Waals surface area contributed by atoms with Crippen LogP contribution in [0.3, 0.4) is 0 Å². The Balaban J connectivity index is 1.86. The molecule has 4 aromatic carbocycles. The van der Waals surface area contributed by atoms with Crippen molar-refractivity contribution in [3.05, 3.63) is 125 Å². The number of carbonyl (C=O) groups excluding carboxylic acids is 2. The standard InChI is InChI=1S/C37H42ClN3O5S/c1-6-46-34-19-13-12-18-32(34)41(47(44,45)31-22-20-30(38)21-23-31)26-35(42)40(25-29-17-11-10-14-27(29)2)33(36(43)39-37(3,4)5)24-28-15-8-7-9-16-28/h7-23,33H,6,24-26H2,1-5H3,(H,39,43). The van der Waals surface area contributed by atoms with Crippen LogP contribution >= 0.6 is 11.6 Å². The van der Waals surface area contributed by atoms with E-state index in [-0.39, 0.29) is 36.1 Å². The molecule has 0 heterocycles. The first-order valence-electron chi connectivity index (χ1n) is 15.5. The molecule has 0 fully saturated rings. The average molecular weight is 676 g/mol. The van der Waals surface area contributed by atoms with Crippen LogP contribution in [0.2, 0.25) is 5.02 Å². The van der Waals surface area contributed by atoms with Gasteiger partial charge in [0.15, 0.2) is 0 Å². The number of halogens is 1. The van der Waals surface area contributed by atoms with E-state index in [2.05, 4.69) is 5.32 Å². The topological polar surface area (TPSA) is 96.0 Å². The van der Waals surface area contributed by atoms with Crippen LogP contribution in [0, 0.1) is 6.92 Å². The van der Waals surface area contributed by atoms with E-state index in [1.807, 2.05) is 82.3 Å². The predicted molar refractivity (Wildman–Crippen MR) is 187 cm³/mol. The van der Waals surface area contributed by atoms with Crippen molar-refractivity contribution in [2.45, 2.75) is 64.1 Å². The number of sulfonamides is 1. The molecule has 0 bridgehead atoms. The third-order valence-electron chi connectivity index (χ3n) is 7.49. The maximum Gasteiger partial charge on any atom is 0.264 e. The Morgan fingerprint density at radius 3 is 2.13 bits per heavy atom. The summed E-state index contributed by atoms with van der Waals surface area (Å²) in [5, 5.41) is 3.42. The molecular weight excluding hydrogens is 634 g/mol. The summed E-state index contributed by atoms with van der Waals surface area (Å²) in [5.41, 5.74) is 2.25. The molecule has 1 atom stereocenters. The van der Waals surface area contributed by atoms with E-state index in [0.29, 0.717) is 10.8 Å². The number of anilines is 1. The van der Waals surface area contributed by atoms with Crippen molar-refractivity contribution < 1.29 is 22.7 Å². The number of hydrogen-bond acceptors (Lipinski definition) is 5. The number of aryl methyl sites for hydroxylation is 1. The average Bonchev–Trinajstić information content (AvgIpc) is 3.02. The molecule has 248 valence electrons. The molecule has 1 unspecified atom stereocenters. The van der Waals surface area contributed by atoms with Gasteiger partial charge in [-0.05, 0) is 87.7 Å². The molecule has 4 rings (SSSR count). The zero-order valence-electron chi connectivity index (χ0n) is 27.4.